The fourth-order valence-corrected chi connectivity index (χ4v) is 2.98. The van der Waals surface area contributed by atoms with Gasteiger partial charge in [-0.05, 0) is 30.0 Å². The van der Waals surface area contributed by atoms with Crippen LogP contribution in [0.4, 0.5) is 22.0 Å². The number of imidazole rings is 1. The summed E-state index contributed by atoms with van der Waals surface area (Å²) in [5.41, 5.74) is 0.495. The summed E-state index contributed by atoms with van der Waals surface area (Å²) in [5, 5.41) is 6.71. The number of nitrogens with zero attached hydrogens (tertiary/aromatic N) is 5. The predicted octanol–water partition coefficient (Wildman–Crippen LogP) is 5.73. The molecule has 5 nitrogen and oxygen atoms in total. The monoisotopic (exact) mass is 660 g/mol. The molecule has 35 heavy (non-hydrogen) atoms. The zero-order valence-corrected chi connectivity index (χ0v) is 19.9. The Hall–Kier alpha value is -3.69. The number of rotatable bonds is 3. The maximum atomic E-state index is 13.2. The van der Waals surface area contributed by atoms with Gasteiger partial charge in [-0.25, -0.2) is 4.98 Å². The van der Waals surface area contributed by atoms with Crippen molar-refractivity contribution in [1.29, 1.82) is 0 Å². The van der Waals surface area contributed by atoms with Gasteiger partial charge >= 0.3 is 6.18 Å². The second-order valence-corrected chi connectivity index (χ2v) is 6.82. The smallest absolute Gasteiger partial charge is 0.431 e. The topological polar surface area (TPSA) is 57.7 Å². The van der Waals surface area contributed by atoms with Gasteiger partial charge in [0.15, 0.2) is 0 Å². The van der Waals surface area contributed by atoms with Crippen molar-refractivity contribution in [3.63, 3.8) is 0 Å². The van der Waals surface area contributed by atoms with Gasteiger partial charge in [-0.2, -0.15) is 13.2 Å². The first-order valence-electron chi connectivity index (χ1n) is 9.78. The molecule has 0 aliphatic heterocycles. The maximum Gasteiger partial charge on any atom is 0.431 e. The molecular weight excluding hydrogens is 646 g/mol. The first-order valence-corrected chi connectivity index (χ1v) is 9.78. The van der Waals surface area contributed by atoms with Crippen molar-refractivity contribution in [2.45, 2.75) is 6.18 Å². The van der Waals surface area contributed by atoms with Crippen LogP contribution < -0.4 is 5.10 Å². The number of pyridine rings is 1. The van der Waals surface area contributed by atoms with Crippen LogP contribution in [0.5, 0.6) is 0 Å². The molecule has 3 heterocycles. The summed E-state index contributed by atoms with van der Waals surface area (Å²) in [7, 11) is 0. The van der Waals surface area contributed by atoms with E-state index >= 15 is 0 Å². The molecule has 181 valence electrons. The van der Waals surface area contributed by atoms with Crippen LogP contribution in [0, 0.1) is 17.7 Å². The summed E-state index contributed by atoms with van der Waals surface area (Å²) in [5.74, 6) is -0.968. The van der Waals surface area contributed by atoms with Crippen LogP contribution >= 0.6 is 0 Å². The van der Waals surface area contributed by atoms with Gasteiger partial charge in [-0.15, -0.1) is 12.1 Å². The normalized spacial score (nSPS) is 10.8. The summed E-state index contributed by atoms with van der Waals surface area (Å²) >= 11 is 0. The summed E-state index contributed by atoms with van der Waals surface area (Å²) in [6.45, 7) is 0. The van der Waals surface area contributed by atoms with Crippen LogP contribution in [-0.4, -0.2) is 19.6 Å². The van der Waals surface area contributed by atoms with Crippen LogP contribution in [0.25, 0.3) is 28.5 Å². The Morgan fingerprint density at radius 2 is 1.63 bits per heavy atom. The Bertz CT molecular complexity index is 1370. The zero-order chi connectivity index (χ0) is 24.1. The van der Waals surface area contributed by atoms with E-state index in [1.807, 2.05) is 30.3 Å². The number of halogens is 5. The molecule has 11 heteroatoms. The largest absolute Gasteiger partial charge is 0.572 e. The van der Waals surface area contributed by atoms with Gasteiger partial charge in [0.2, 0.25) is 0 Å². The van der Waals surface area contributed by atoms with Crippen molar-refractivity contribution in [2.75, 3.05) is 0 Å². The molecular formula is C24H14F5IrN5-2. The maximum absolute atomic E-state index is 13.2. The quantitative estimate of drug-likeness (QED) is 0.183. The van der Waals surface area contributed by atoms with Gasteiger partial charge < -0.3 is 19.7 Å². The molecule has 1 radical (unpaired) electrons. The minimum absolute atomic E-state index is 0. The molecule has 0 fully saturated rings. The predicted molar refractivity (Wildman–Crippen MR) is 114 cm³/mol. The number of hydrogen-bond acceptors (Lipinski definition) is 3. The molecule has 0 aliphatic carbocycles. The third kappa shape index (κ3) is 6.26. The van der Waals surface area contributed by atoms with Crippen LogP contribution in [0.2, 0.25) is 0 Å². The Labute approximate surface area is 210 Å². The van der Waals surface area contributed by atoms with E-state index in [2.05, 4.69) is 26.2 Å². The second-order valence-electron chi connectivity index (χ2n) is 6.82. The average Bonchev–Trinajstić information content (AvgIpc) is 3.50. The van der Waals surface area contributed by atoms with E-state index in [1.165, 1.54) is 6.20 Å². The number of benzene rings is 2. The van der Waals surface area contributed by atoms with E-state index < -0.39 is 23.5 Å². The van der Waals surface area contributed by atoms with Crippen LogP contribution in [0.1, 0.15) is 5.69 Å². The molecule has 5 rings (SSSR count). The molecule has 0 spiro atoms. The van der Waals surface area contributed by atoms with Crippen molar-refractivity contribution in [3.05, 3.63) is 109 Å². The van der Waals surface area contributed by atoms with Crippen molar-refractivity contribution >= 4 is 0 Å². The summed E-state index contributed by atoms with van der Waals surface area (Å²) in [4.78, 5) is 8.00. The Morgan fingerprint density at radius 3 is 2.26 bits per heavy atom. The summed E-state index contributed by atoms with van der Waals surface area (Å²) < 4.78 is 65.1. The molecule has 0 bridgehead atoms. The third-order valence-electron chi connectivity index (χ3n) is 4.51. The SMILES string of the molecule is FC(F)(F)c1cc(-c2nccn2-c2ccccc2)[n-]n1.Fc1c[c-]c(-c2ccccn2)c(F)c1.[Ir]. The fraction of sp³-hybridized carbons (Fsp3) is 0.0417. The van der Waals surface area contributed by atoms with Crippen molar-refractivity contribution in [2.24, 2.45) is 0 Å². The number of hydrogen-bond donors (Lipinski definition) is 0. The van der Waals surface area contributed by atoms with E-state index in [0.717, 1.165) is 23.9 Å². The van der Waals surface area contributed by atoms with E-state index in [9.17, 15) is 22.0 Å². The first kappa shape index (κ1) is 25.9. The van der Waals surface area contributed by atoms with Gasteiger partial charge in [0.25, 0.3) is 0 Å². The average molecular weight is 660 g/mol. The van der Waals surface area contributed by atoms with Gasteiger partial charge in [0.05, 0.1) is 0 Å². The fourth-order valence-electron chi connectivity index (χ4n) is 2.98. The summed E-state index contributed by atoms with van der Waals surface area (Å²) in [6.07, 6.45) is 0.207. The molecule has 0 amide bonds. The van der Waals surface area contributed by atoms with Gasteiger partial charge in [-0.1, -0.05) is 47.7 Å². The van der Waals surface area contributed by atoms with E-state index in [1.54, 1.807) is 35.2 Å². The van der Waals surface area contributed by atoms with Crippen molar-refractivity contribution < 1.29 is 42.1 Å². The molecule has 0 aliphatic rings. The van der Waals surface area contributed by atoms with Crippen LogP contribution in [0.3, 0.4) is 0 Å². The van der Waals surface area contributed by atoms with Gasteiger partial charge in [-0.3, -0.25) is 8.78 Å². The number of alkyl halides is 3. The summed E-state index contributed by atoms with van der Waals surface area (Å²) in [6, 6.07) is 19.6. The minimum atomic E-state index is -4.50. The minimum Gasteiger partial charge on any atom is -0.572 e. The Morgan fingerprint density at radius 1 is 0.886 bits per heavy atom. The number of aromatic nitrogens is 5. The van der Waals surface area contributed by atoms with Crippen LogP contribution in [0.15, 0.2) is 85.3 Å². The molecule has 0 saturated carbocycles. The molecule has 3 aromatic heterocycles. The van der Waals surface area contributed by atoms with Gasteiger partial charge in [0.1, 0.15) is 11.5 Å². The van der Waals surface area contributed by atoms with Crippen LogP contribution in [-0.2, 0) is 26.3 Å². The molecule has 0 N–H and O–H groups in total. The molecule has 0 atom stereocenters. The van der Waals surface area contributed by atoms with Crippen molar-refractivity contribution in [1.82, 2.24) is 24.7 Å². The number of para-hydroxylation sites is 1. The third-order valence-corrected chi connectivity index (χ3v) is 4.51. The molecule has 5 aromatic rings. The standard InChI is InChI=1S/C13H8F3N4.C11H6F2N.Ir/c14-13(15,16)11-8-10(18-19-11)12-17-6-7-20(12)9-4-2-1-3-5-9;12-8-4-5-9(10(13)7-8)11-3-1-2-6-14-11;/h1-8H;1-4,6-7H;/q2*-1;. The van der Waals surface area contributed by atoms with E-state index in [4.69, 9.17) is 0 Å². The molecule has 2 aromatic carbocycles. The second kappa shape index (κ2) is 11.2. The Balaban J connectivity index is 0.000000202. The zero-order valence-electron chi connectivity index (χ0n) is 17.5. The van der Waals surface area contributed by atoms with E-state index in [0.29, 0.717) is 11.5 Å². The first-order chi connectivity index (χ1) is 16.3. The van der Waals surface area contributed by atoms with Crippen molar-refractivity contribution in [3.8, 4) is 28.5 Å². The Kier molecular flexibility index (Phi) is 8.26. The molecule has 0 unspecified atom stereocenters. The van der Waals surface area contributed by atoms with E-state index in [-0.39, 0.29) is 31.4 Å². The van der Waals surface area contributed by atoms with Gasteiger partial charge in [0, 0.05) is 56.0 Å². The molecule has 0 saturated heterocycles.